The number of nitrogens with one attached hydrogen (secondary N) is 1. The Kier molecular flexibility index (Phi) is 4.91. The van der Waals surface area contributed by atoms with Crippen LogP contribution >= 0.6 is 0 Å². The average molecular weight is 268 g/mol. The van der Waals surface area contributed by atoms with Crippen LogP contribution in [0.4, 0.5) is 0 Å². The molecule has 112 valence electrons. The van der Waals surface area contributed by atoms with Crippen LogP contribution in [0.15, 0.2) is 0 Å². The summed E-state index contributed by atoms with van der Waals surface area (Å²) in [7, 11) is 0. The number of likely N-dealkylation sites (N-methyl/N-ethyl adjacent to an activating group) is 1. The summed E-state index contributed by atoms with van der Waals surface area (Å²) in [6.07, 6.45) is 4.38. The molecule has 2 fully saturated rings. The third kappa shape index (κ3) is 3.93. The summed E-state index contributed by atoms with van der Waals surface area (Å²) in [5.74, 6) is 0.862. The minimum Gasteiger partial charge on any atom is -0.370 e. The predicted octanol–water partition coefficient (Wildman–Crippen LogP) is 2.65. The van der Waals surface area contributed by atoms with Crippen molar-refractivity contribution in [3.05, 3.63) is 0 Å². The zero-order chi connectivity index (χ0) is 14.0. The molecule has 2 rings (SSSR count). The maximum Gasteiger partial charge on any atom is 0.0757 e. The molecule has 2 aliphatic rings. The molecule has 0 aromatic rings. The van der Waals surface area contributed by atoms with Crippen LogP contribution in [-0.4, -0.2) is 48.3 Å². The van der Waals surface area contributed by atoms with Crippen LogP contribution in [0.5, 0.6) is 0 Å². The molecule has 1 saturated carbocycles. The van der Waals surface area contributed by atoms with Crippen LogP contribution in [0.3, 0.4) is 0 Å². The second-order valence-electron chi connectivity index (χ2n) is 7.27. The largest absolute Gasteiger partial charge is 0.370 e. The average Bonchev–Trinajstić information content (AvgIpc) is 2.29. The van der Waals surface area contributed by atoms with E-state index in [1.165, 1.54) is 19.3 Å². The quantitative estimate of drug-likeness (QED) is 0.851. The van der Waals surface area contributed by atoms with E-state index in [9.17, 15) is 0 Å². The summed E-state index contributed by atoms with van der Waals surface area (Å²) in [6.45, 7) is 14.5. The van der Waals surface area contributed by atoms with E-state index in [0.717, 1.165) is 25.6 Å². The Morgan fingerprint density at radius 2 is 2.00 bits per heavy atom. The molecule has 4 unspecified atom stereocenters. The van der Waals surface area contributed by atoms with Gasteiger partial charge in [-0.1, -0.05) is 13.8 Å². The van der Waals surface area contributed by atoms with Gasteiger partial charge in [0.25, 0.3) is 0 Å². The number of hydrogen-bond acceptors (Lipinski definition) is 3. The first kappa shape index (κ1) is 15.3. The second kappa shape index (κ2) is 6.11. The van der Waals surface area contributed by atoms with Gasteiger partial charge in [0.15, 0.2) is 0 Å². The van der Waals surface area contributed by atoms with Crippen LogP contribution < -0.4 is 5.32 Å². The first-order valence-corrected chi connectivity index (χ1v) is 8.06. The highest BCUT2D eigenvalue weighted by Crippen LogP contribution is 2.31. The normalized spacial score (nSPS) is 40.3. The van der Waals surface area contributed by atoms with Gasteiger partial charge in [-0.3, -0.25) is 4.90 Å². The minimum atomic E-state index is -0.00484. The van der Waals surface area contributed by atoms with Crippen molar-refractivity contribution >= 4 is 0 Å². The summed E-state index contributed by atoms with van der Waals surface area (Å²) >= 11 is 0. The van der Waals surface area contributed by atoms with Gasteiger partial charge in [-0.05, 0) is 52.5 Å². The third-order valence-electron chi connectivity index (χ3n) is 4.61. The van der Waals surface area contributed by atoms with E-state index in [0.29, 0.717) is 18.2 Å². The van der Waals surface area contributed by atoms with Gasteiger partial charge in [0, 0.05) is 25.2 Å². The van der Waals surface area contributed by atoms with E-state index < -0.39 is 0 Å². The van der Waals surface area contributed by atoms with E-state index >= 15 is 0 Å². The molecule has 0 bridgehead atoms. The topological polar surface area (TPSA) is 24.5 Å². The maximum atomic E-state index is 6.05. The van der Waals surface area contributed by atoms with Gasteiger partial charge >= 0.3 is 0 Å². The van der Waals surface area contributed by atoms with Crippen molar-refractivity contribution in [2.45, 2.75) is 77.7 Å². The van der Waals surface area contributed by atoms with Crippen LogP contribution in [0, 0.1) is 5.92 Å². The van der Waals surface area contributed by atoms with Gasteiger partial charge in [0.2, 0.25) is 0 Å². The maximum absolute atomic E-state index is 6.05. The molecule has 4 atom stereocenters. The van der Waals surface area contributed by atoms with E-state index in [1.54, 1.807) is 0 Å². The summed E-state index contributed by atoms with van der Waals surface area (Å²) in [5.41, 5.74) is -0.00484. The minimum absolute atomic E-state index is 0.00484. The van der Waals surface area contributed by atoms with Crippen LogP contribution in [-0.2, 0) is 4.74 Å². The fourth-order valence-electron chi connectivity index (χ4n) is 4.01. The summed E-state index contributed by atoms with van der Waals surface area (Å²) in [4.78, 5) is 2.69. The highest BCUT2D eigenvalue weighted by atomic mass is 16.5. The van der Waals surface area contributed by atoms with Crippen LogP contribution in [0.25, 0.3) is 0 Å². The van der Waals surface area contributed by atoms with Gasteiger partial charge in [-0.2, -0.15) is 0 Å². The Morgan fingerprint density at radius 3 is 2.63 bits per heavy atom. The SMILES string of the molecule is CCNC1CCC(C)CC1N1CC(C)OC(C)(C)C1. The lowest BCUT2D eigenvalue weighted by Crippen LogP contribution is -2.61. The molecular weight excluding hydrogens is 236 g/mol. The molecular formula is C16H32N2O. The summed E-state index contributed by atoms with van der Waals surface area (Å²) < 4.78 is 6.05. The Hall–Kier alpha value is -0.120. The third-order valence-corrected chi connectivity index (χ3v) is 4.61. The number of hydrogen-bond donors (Lipinski definition) is 1. The molecule has 1 N–H and O–H groups in total. The lowest BCUT2D eigenvalue weighted by molar-refractivity contribution is -0.144. The molecule has 0 aromatic carbocycles. The van der Waals surface area contributed by atoms with Crippen LogP contribution in [0.1, 0.15) is 53.9 Å². The van der Waals surface area contributed by atoms with E-state index in [-0.39, 0.29) is 5.60 Å². The first-order valence-electron chi connectivity index (χ1n) is 8.06. The fourth-order valence-corrected chi connectivity index (χ4v) is 4.01. The van der Waals surface area contributed by atoms with E-state index in [1.807, 2.05) is 0 Å². The lowest BCUT2D eigenvalue weighted by Gasteiger charge is -2.49. The van der Waals surface area contributed by atoms with Crippen LogP contribution in [0.2, 0.25) is 0 Å². The molecule has 1 aliphatic heterocycles. The summed E-state index contributed by atoms with van der Waals surface area (Å²) in [5, 5.41) is 3.71. The Labute approximate surface area is 119 Å². The van der Waals surface area contributed by atoms with Crippen molar-refractivity contribution in [1.82, 2.24) is 10.2 Å². The standard InChI is InChI=1S/C16H32N2O/c1-6-17-14-8-7-12(2)9-15(14)18-10-13(3)19-16(4,5)11-18/h12-15,17H,6-11H2,1-5H3. The van der Waals surface area contributed by atoms with E-state index in [2.05, 4.69) is 44.8 Å². The molecule has 0 spiro atoms. The Morgan fingerprint density at radius 1 is 1.26 bits per heavy atom. The zero-order valence-corrected chi connectivity index (χ0v) is 13.4. The summed E-state index contributed by atoms with van der Waals surface area (Å²) in [6, 6.07) is 1.36. The fraction of sp³-hybridized carbons (Fsp3) is 1.00. The van der Waals surface area contributed by atoms with Gasteiger partial charge < -0.3 is 10.1 Å². The monoisotopic (exact) mass is 268 g/mol. The van der Waals surface area contributed by atoms with Crippen molar-refractivity contribution < 1.29 is 4.74 Å². The molecule has 0 amide bonds. The molecule has 3 heteroatoms. The van der Waals surface area contributed by atoms with Gasteiger partial charge in [0.05, 0.1) is 11.7 Å². The molecule has 0 aromatic heterocycles. The molecule has 1 saturated heterocycles. The Bertz CT molecular complexity index is 292. The molecule has 1 heterocycles. The Balaban J connectivity index is 2.07. The van der Waals surface area contributed by atoms with Gasteiger partial charge in [0.1, 0.15) is 0 Å². The highest BCUT2D eigenvalue weighted by molar-refractivity contribution is 4.94. The van der Waals surface area contributed by atoms with Crippen molar-refractivity contribution in [1.29, 1.82) is 0 Å². The number of nitrogens with zero attached hydrogens (tertiary/aromatic N) is 1. The molecule has 0 radical (unpaired) electrons. The first-order chi connectivity index (χ1) is 8.91. The number of rotatable bonds is 3. The zero-order valence-electron chi connectivity index (χ0n) is 13.4. The second-order valence-corrected chi connectivity index (χ2v) is 7.27. The number of morpholine rings is 1. The van der Waals surface area contributed by atoms with Crippen molar-refractivity contribution in [3.63, 3.8) is 0 Å². The smallest absolute Gasteiger partial charge is 0.0757 e. The van der Waals surface area contributed by atoms with Crippen molar-refractivity contribution in [3.8, 4) is 0 Å². The van der Waals surface area contributed by atoms with Gasteiger partial charge in [-0.25, -0.2) is 0 Å². The van der Waals surface area contributed by atoms with Gasteiger partial charge in [-0.15, -0.1) is 0 Å². The van der Waals surface area contributed by atoms with Crippen molar-refractivity contribution in [2.75, 3.05) is 19.6 Å². The van der Waals surface area contributed by atoms with Crippen molar-refractivity contribution in [2.24, 2.45) is 5.92 Å². The predicted molar refractivity (Wildman–Crippen MR) is 80.5 cm³/mol. The highest BCUT2D eigenvalue weighted by Gasteiger charge is 2.39. The number of ether oxygens (including phenoxy) is 1. The molecule has 1 aliphatic carbocycles. The van der Waals surface area contributed by atoms with E-state index in [4.69, 9.17) is 4.74 Å². The molecule has 3 nitrogen and oxygen atoms in total. The molecule has 19 heavy (non-hydrogen) atoms. The lowest BCUT2D eigenvalue weighted by atomic mass is 9.81.